The molecule has 0 bridgehead atoms. The molecule has 0 radical (unpaired) electrons. The van der Waals surface area contributed by atoms with Gasteiger partial charge in [0, 0.05) is 38.1 Å². The van der Waals surface area contributed by atoms with E-state index in [4.69, 9.17) is 13.8 Å². The van der Waals surface area contributed by atoms with Crippen LogP contribution >= 0.6 is 0 Å². The molecule has 0 aliphatic heterocycles. The predicted octanol–water partition coefficient (Wildman–Crippen LogP) is 16.5. The molecule has 284 valence electrons. The number of aromatic nitrogens is 1. The molecule has 3 heteroatoms. The van der Waals surface area contributed by atoms with Gasteiger partial charge in [-0.05, 0) is 115 Å². The van der Waals surface area contributed by atoms with Gasteiger partial charge < -0.3 is 8.83 Å². The summed E-state index contributed by atoms with van der Waals surface area (Å²) in [5.41, 5.74) is 13.1. The molecule has 0 aliphatic rings. The molecular weight excluding hydrogens is 743 g/mol. The Morgan fingerprint density at radius 1 is 0.344 bits per heavy atom. The lowest BCUT2D eigenvalue weighted by Crippen LogP contribution is -1.96. The van der Waals surface area contributed by atoms with Gasteiger partial charge in [0.2, 0.25) is 0 Å². The van der Waals surface area contributed by atoms with Crippen LogP contribution in [-0.2, 0) is 0 Å². The number of fused-ring (bicyclic) bond motifs is 14. The highest BCUT2D eigenvalue weighted by molar-refractivity contribution is 6.26. The van der Waals surface area contributed by atoms with Gasteiger partial charge in [-0.1, -0.05) is 152 Å². The fraction of sp³-hybridized carbons (Fsp3) is 0.0172. The summed E-state index contributed by atoms with van der Waals surface area (Å²) in [5.74, 6) is 0. The molecule has 3 nitrogen and oxygen atoms in total. The molecule has 13 aromatic rings. The van der Waals surface area contributed by atoms with Crippen molar-refractivity contribution in [2.75, 3.05) is 0 Å². The van der Waals surface area contributed by atoms with Crippen LogP contribution in [0.1, 0.15) is 5.56 Å². The van der Waals surface area contributed by atoms with Crippen molar-refractivity contribution in [3.05, 3.63) is 200 Å². The third-order valence-corrected chi connectivity index (χ3v) is 12.8. The second kappa shape index (κ2) is 13.0. The molecule has 0 spiro atoms. The van der Waals surface area contributed by atoms with E-state index in [9.17, 15) is 0 Å². The van der Waals surface area contributed by atoms with E-state index in [-0.39, 0.29) is 0 Å². The Balaban J connectivity index is 1.02. The minimum absolute atomic E-state index is 0.845. The molecule has 0 amide bonds. The van der Waals surface area contributed by atoms with E-state index in [0.717, 1.165) is 105 Å². The summed E-state index contributed by atoms with van der Waals surface area (Å²) < 4.78 is 13.4. The van der Waals surface area contributed by atoms with Crippen molar-refractivity contribution < 1.29 is 8.83 Å². The topological polar surface area (TPSA) is 39.2 Å². The number of hydrogen-bond donors (Lipinski definition) is 0. The van der Waals surface area contributed by atoms with Crippen molar-refractivity contribution >= 4 is 87.0 Å². The van der Waals surface area contributed by atoms with E-state index in [1.165, 1.54) is 32.3 Å². The highest BCUT2D eigenvalue weighted by Crippen LogP contribution is 2.46. The number of furan rings is 2. The SMILES string of the molecule is Cc1c(-c2ccc3c(c2)oc2cccc(-c4cc5ccccc5c5oc6ccccc6c45)c23)cc(-c2ccc3c4ccccc4c4ccccc4c3c2)nc1-c1ccccc1. The molecule has 0 saturated heterocycles. The fourth-order valence-electron chi connectivity index (χ4n) is 9.99. The summed E-state index contributed by atoms with van der Waals surface area (Å²) in [6.45, 7) is 2.19. The van der Waals surface area contributed by atoms with Crippen LogP contribution in [0.5, 0.6) is 0 Å². The number of nitrogens with zero attached hydrogens (tertiary/aromatic N) is 1. The van der Waals surface area contributed by atoms with Gasteiger partial charge in [0.05, 0.1) is 11.4 Å². The maximum Gasteiger partial charge on any atom is 0.143 e. The first-order valence-corrected chi connectivity index (χ1v) is 20.9. The zero-order chi connectivity index (χ0) is 40.2. The molecule has 0 N–H and O–H groups in total. The lowest BCUT2D eigenvalue weighted by molar-refractivity contribution is 0.669. The zero-order valence-corrected chi connectivity index (χ0v) is 33.2. The number of benzene rings is 10. The summed E-state index contributed by atoms with van der Waals surface area (Å²) in [4.78, 5) is 5.42. The van der Waals surface area contributed by atoms with Gasteiger partial charge in [0.15, 0.2) is 0 Å². The molecule has 61 heavy (non-hydrogen) atoms. The van der Waals surface area contributed by atoms with Gasteiger partial charge in [0.1, 0.15) is 22.3 Å². The van der Waals surface area contributed by atoms with Gasteiger partial charge >= 0.3 is 0 Å². The summed E-state index contributed by atoms with van der Waals surface area (Å²) in [6.07, 6.45) is 0. The molecule has 0 saturated carbocycles. The number of hydrogen-bond acceptors (Lipinski definition) is 3. The van der Waals surface area contributed by atoms with Crippen molar-refractivity contribution in [2.45, 2.75) is 6.92 Å². The first-order valence-electron chi connectivity index (χ1n) is 20.9. The van der Waals surface area contributed by atoms with Gasteiger partial charge in [-0.15, -0.1) is 0 Å². The fourth-order valence-corrected chi connectivity index (χ4v) is 9.99. The summed E-state index contributed by atoms with van der Waals surface area (Å²) in [5, 5.41) is 14.2. The number of para-hydroxylation sites is 1. The van der Waals surface area contributed by atoms with Crippen molar-refractivity contribution in [3.63, 3.8) is 0 Å². The Hall–Kier alpha value is -8.01. The van der Waals surface area contributed by atoms with E-state index in [1.54, 1.807) is 0 Å². The second-order valence-corrected chi connectivity index (χ2v) is 16.2. The minimum atomic E-state index is 0.845. The van der Waals surface area contributed by atoms with Crippen LogP contribution in [0.15, 0.2) is 203 Å². The van der Waals surface area contributed by atoms with Crippen LogP contribution in [-0.4, -0.2) is 4.98 Å². The van der Waals surface area contributed by atoms with Crippen LogP contribution in [0.2, 0.25) is 0 Å². The van der Waals surface area contributed by atoms with E-state index >= 15 is 0 Å². The third-order valence-electron chi connectivity index (χ3n) is 12.8. The smallest absolute Gasteiger partial charge is 0.143 e. The second-order valence-electron chi connectivity index (χ2n) is 16.2. The average Bonchev–Trinajstić information content (AvgIpc) is 3.91. The van der Waals surface area contributed by atoms with Crippen LogP contribution < -0.4 is 0 Å². The van der Waals surface area contributed by atoms with Gasteiger partial charge in [-0.3, -0.25) is 0 Å². The minimum Gasteiger partial charge on any atom is -0.456 e. The van der Waals surface area contributed by atoms with Crippen LogP contribution in [0.25, 0.3) is 132 Å². The van der Waals surface area contributed by atoms with Crippen LogP contribution in [0.4, 0.5) is 0 Å². The molecular formula is C58H35NO2. The lowest BCUT2D eigenvalue weighted by Gasteiger charge is -2.16. The van der Waals surface area contributed by atoms with Gasteiger partial charge in [-0.25, -0.2) is 4.98 Å². The Bertz CT molecular complexity index is 3910. The molecule has 3 aromatic heterocycles. The van der Waals surface area contributed by atoms with E-state index < -0.39 is 0 Å². The normalized spacial score (nSPS) is 12.0. The maximum absolute atomic E-state index is 6.80. The average molecular weight is 778 g/mol. The van der Waals surface area contributed by atoms with Gasteiger partial charge in [-0.2, -0.15) is 0 Å². The zero-order valence-electron chi connectivity index (χ0n) is 33.2. The molecule has 0 atom stereocenters. The lowest BCUT2D eigenvalue weighted by atomic mass is 9.91. The summed E-state index contributed by atoms with van der Waals surface area (Å²) >= 11 is 0. The predicted molar refractivity (Wildman–Crippen MR) is 255 cm³/mol. The highest BCUT2D eigenvalue weighted by Gasteiger charge is 2.21. The molecule has 0 unspecified atom stereocenters. The number of rotatable bonds is 4. The molecule has 10 aromatic carbocycles. The Labute approximate surface area is 350 Å². The Kier molecular flexibility index (Phi) is 7.22. The van der Waals surface area contributed by atoms with Crippen molar-refractivity contribution in [1.29, 1.82) is 0 Å². The van der Waals surface area contributed by atoms with Crippen LogP contribution in [0.3, 0.4) is 0 Å². The Morgan fingerprint density at radius 2 is 0.951 bits per heavy atom. The van der Waals surface area contributed by atoms with Crippen LogP contribution in [0, 0.1) is 6.92 Å². The van der Waals surface area contributed by atoms with Gasteiger partial charge in [0.25, 0.3) is 0 Å². The van der Waals surface area contributed by atoms with E-state index in [1.807, 2.05) is 6.07 Å². The summed E-state index contributed by atoms with van der Waals surface area (Å²) in [6, 6.07) is 69.4. The molecule has 0 aliphatic carbocycles. The Morgan fingerprint density at radius 3 is 1.74 bits per heavy atom. The monoisotopic (exact) mass is 777 g/mol. The van der Waals surface area contributed by atoms with E-state index in [2.05, 4.69) is 195 Å². The van der Waals surface area contributed by atoms with Crippen molar-refractivity contribution in [2.24, 2.45) is 0 Å². The number of pyridine rings is 1. The summed E-state index contributed by atoms with van der Waals surface area (Å²) in [7, 11) is 0. The highest BCUT2D eigenvalue weighted by atomic mass is 16.3. The molecule has 0 fully saturated rings. The van der Waals surface area contributed by atoms with E-state index in [0.29, 0.717) is 0 Å². The third kappa shape index (κ3) is 5.08. The first-order chi connectivity index (χ1) is 30.2. The molecule has 13 rings (SSSR count). The maximum atomic E-state index is 6.80. The van der Waals surface area contributed by atoms with Crippen molar-refractivity contribution in [3.8, 4) is 44.8 Å². The quantitative estimate of drug-likeness (QED) is 0.167. The van der Waals surface area contributed by atoms with Crippen molar-refractivity contribution in [1.82, 2.24) is 4.98 Å². The standard InChI is InChI=1S/C58H35NO2/c1-34-48(33-51(59-57(34)35-14-3-2-4-15-35)38-27-28-44-42-20-8-7-18-40(42)41-19-9-10-21-43(41)49(44)31-38)37-26-29-47-54(32-37)60-53-25-13-23-45(55(47)53)50-30-36-16-5-6-17-39(36)58-56(50)46-22-11-12-24-52(46)61-58/h2-33H,1H3. The molecule has 3 heterocycles. The first kappa shape index (κ1) is 33.9. The largest absolute Gasteiger partial charge is 0.456 e.